The van der Waals surface area contributed by atoms with Crippen LogP contribution in [0.1, 0.15) is 4.88 Å². The first-order chi connectivity index (χ1) is 8.61. The standard InChI is InChI=1S/C10H5Cl2N3O2S/c11-5-1-7-8(14-10(16)17-7)15(3-5)4-6-2-13-9(12)18-6/h1-3H,4H2. The Hall–Kier alpha value is -1.37. The summed E-state index contributed by atoms with van der Waals surface area (Å²) in [5.74, 6) is 0.181. The minimum absolute atomic E-state index is 0.364. The molecule has 0 saturated heterocycles. The lowest BCUT2D eigenvalue weighted by atomic mass is 10.3. The van der Waals surface area contributed by atoms with Gasteiger partial charge in [-0.25, -0.2) is 9.78 Å². The van der Waals surface area contributed by atoms with Crippen LogP contribution in [0, 0.1) is 0 Å². The SMILES string of the molecule is O=c1nc2n(Cc3cnc(Cl)s3)cc(Cl)cc-2o1. The third-order valence-corrected chi connectivity index (χ3v) is 3.59. The fourth-order valence-corrected chi connectivity index (χ4v) is 2.82. The van der Waals surface area contributed by atoms with E-state index in [2.05, 4.69) is 9.97 Å². The lowest BCUT2D eigenvalue weighted by Gasteiger charge is -2.08. The summed E-state index contributed by atoms with van der Waals surface area (Å²) in [5, 5.41) is 0.467. The molecule has 18 heavy (non-hydrogen) atoms. The molecule has 0 spiro atoms. The molecule has 2 aliphatic heterocycles. The van der Waals surface area contributed by atoms with Gasteiger partial charge in [0.2, 0.25) is 0 Å². The Morgan fingerprint density at radius 2 is 2.28 bits per heavy atom. The number of fused-ring (bicyclic) bond motifs is 1. The number of thiazole rings is 1. The molecule has 5 nitrogen and oxygen atoms in total. The highest BCUT2D eigenvalue weighted by atomic mass is 35.5. The normalized spacial score (nSPS) is 11.2. The molecule has 0 bridgehead atoms. The van der Waals surface area contributed by atoms with Crippen LogP contribution >= 0.6 is 34.5 Å². The fraction of sp³-hybridized carbons (Fsp3) is 0.100. The molecule has 0 aromatic carbocycles. The third-order valence-electron chi connectivity index (χ3n) is 2.29. The summed E-state index contributed by atoms with van der Waals surface area (Å²) in [4.78, 5) is 19.8. The van der Waals surface area contributed by atoms with E-state index < -0.39 is 5.76 Å². The lowest BCUT2D eigenvalue weighted by Crippen LogP contribution is -2.05. The number of nitrogens with zero attached hydrogens (tertiary/aromatic N) is 3. The second kappa shape index (κ2) is 4.38. The molecule has 8 heteroatoms. The predicted octanol–water partition coefficient (Wildman–Crippen LogP) is 2.75. The first-order valence-corrected chi connectivity index (χ1v) is 6.46. The molecule has 0 aliphatic carbocycles. The van der Waals surface area contributed by atoms with Crippen LogP contribution < -0.4 is 5.76 Å². The quantitative estimate of drug-likeness (QED) is 0.730. The average Bonchev–Trinajstić information content (AvgIpc) is 2.84. The Kier molecular flexibility index (Phi) is 2.85. The zero-order chi connectivity index (χ0) is 12.7. The van der Waals surface area contributed by atoms with Crippen molar-refractivity contribution < 1.29 is 4.42 Å². The van der Waals surface area contributed by atoms with Crippen LogP contribution in [0.25, 0.3) is 11.6 Å². The largest absolute Gasteiger partial charge is 0.441 e. The molecular formula is C10H5Cl2N3O2S. The van der Waals surface area contributed by atoms with E-state index in [-0.39, 0.29) is 0 Å². The van der Waals surface area contributed by atoms with Crippen molar-refractivity contribution in [1.29, 1.82) is 0 Å². The van der Waals surface area contributed by atoms with Crippen molar-refractivity contribution >= 4 is 34.5 Å². The average molecular weight is 302 g/mol. The summed E-state index contributed by atoms with van der Waals surface area (Å²) in [6.45, 7) is 0.480. The first-order valence-electron chi connectivity index (χ1n) is 4.88. The van der Waals surface area contributed by atoms with Gasteiger partial charge in [0.1, 0.15) is 0 Å². The van der Waals surface area contributed by atoms with Crippen molar-refractivity contribution in [2.24, 2.45) is 0 Å². The third kappa shape index (κ3) is 2.14. The minimum atomic E-state index is -0.636. The Bertz CT molecular complexity index is 733. The minimum Gasteiger partial charge on any atom is -0.405 e. The van der Waals surface area contributed by atoms with Gasteiger partial charge in [0.25, 0.3) is 0 Å². The number of aromatic nitrogens is 3. The highest BCUT2D eigenvalue weighted by molar-refractivity contribution is 7.15. The van der Waals surface area contributed by atoms with Crippen molar-refractivity contribution in [2.45, 2.75) is 6.54 Å². The summed E-state index contributed by atoms with van der Waals surface area (Å²) >= 11 is 13.1. The maximum absolute atomic E-state index is 11.1. The molecule has 1 aromatic heterocycles. The summed E-state index contributed by atoms with van der Waals surface area (Å²) in [6.07, 6.45) is 3.35. The topological polar surface area (TPSA) is 60.9 Å². The summed E-state index contributed by atoms with van der Waals surface area (Å²) < 4.78 is 7.12. The molecule has 2 aliphatic rings. The zero-order valence-corrected chi connectivity index (χ0v) is 11.1. The maximum atomic E-state index is 11.1. The molecule has 0 N–H and O–H groups in total. The molecule has 0 unspecified atom stereocenters. The monoisotopic (exact) mass is 301 g/mol. The summed E-state index contributed by atoms with van der Waals surface area (Å²) in [5.41, 5.74) is 0. The van der Waals surface area contributed by atoms with Crippen LogP contribution in [0.15, 0.2) is 27.7 Å². The Balaban J connectivity index is 2.08. The van der Waals surface area contributed by atoms with E-state index in [0.29, 0.717) is 27.6 Å². The number of hydrogen-bond acceptors (Lipinski definition) is 5. The number of oxazole rings is 1. The molecule has 3 heterocycles. The van der Waals surface area contributed by atoms with Crippen LogP contribution in [0.5, 0.6) is 0 Å². The molecule has 1 aromatic rings. The van der Waals surface area contributed by atoms with E-state index in [1.807, 2.05) is 0 Å². The molecule has 3 rings (SSSR count). The van der Waals surface area contributed by atoms with Gasteiger partial charge in [-0.2, -0.15) is 4.98 Å². The van der Waals surface area contributed by atoms with Crippen LogP contribution in [-0.2, 0) is 6.54 Å². The van der Waals surface area contributed by atoms with Gasteiger partial charge >= 0.3 is 5.76 Å². The second-order valence-electron chi connectivity index (χ2n) is 3.53. The Morgan fingerprint density at radius 3 is 3.00 bits per heavy atom. The van der Waals surface area contributed by atoms with Gasteiger partial charge in [-0.15, -0.1) is 11.3 Å². The Morgan fingerprint density at radius 1 is 1.44 bits per heavy atom. The van der Waals surface area contributed by atoms with E-state index >= 15 is 0 Å². The number of rotatable bonds is 2. The van der Waals surface area contributed by atoms with Crippen LogP contribution in [0.3, 0.4) is 0 Å². The molecule has 0 saturated carbocycles. The Labute approximate surface area is 115 Å². The van der Waals surface area contributed by atoms with Crippen molar-refractivity contribution in [2.75, 3.05) is 0 Å². The van der Waals surface area contributed by atoms with Gasteiger partial charge in [0.05, 0.1) is 11.6 Å². The van der Waals surface area contributed by atoms with Crippen LogP contribution in [0.2, 0.25) is 9.49 Å². The van der Waals surface area contributed by atoms with Gasteiger partial charge in [0, 0.05) is 23.3 Å². The van der Waals surface area contributed by atoms with E-state index in [1.165, 1.54) is 11.3 Å². The molecular weight excluding hydrogens is 297 g/mol. The van der Waals surface area contributed by atoms with E-state index in [9.17, 15) is 4.79 Å². The zero-order valence-electron chi connectivity index (χ0n) is 8.76. The van der Waals surface area contributed by atoms with Crippen LogP contribution in [0.4, 0.5) is 0 Å². The van der Waals surface area contributed by atoms with Gasteiger partial charge in [0.15, 0.2) is 16.1 Å². The van der Waals surface area contributed by atoms with Gasteiger partial charge < -0.3 is 8.98 Å². The maximum Gasteiger partial charge on any atom is 0.441 e. The predicted molar refractivity (Wildman–Crippen MR) is 68.6 cm³/mol. The lowest BCUT2D eigenvalue weighted by molar-refractivity contribution is 0.529. The van der Waals surface area contributed by atoms with Crippen molar-refractivity contribution in [3.8, 4) is 11.6 Å². The number of halogens is 2. The highest BCUT2D eigenvalue weighted by Gasteiger charge is 2.16. The van der Waals surface area contributed by atoms with Gasteiger partial charge in [-0.1, -0.05) is 23.2 Å². The first kappa shape index (κ1) is 11.7. The number of hydrogen-bond donors (Lipinski definition) is 0. The van der Waals surface area contributed by atoms with E-state index in [0.717, 1.165) is 4.88 Å². The van der Waals surface area contributed by atoms with E-state index in [4.69, 9.17) is 27.6 Å². The van der Waals surface area contributed by atoms with Gasteiger partial charge in [-0.05, 0) is 0 Å². The number of pyridine rings is 1. The second-order valence-corrected chi connectivity index (χ2v) is 5.67. The smallest absolute Gasteiger partial charge is 0.405 e. The highest BCUT2D eigenvalue weighted by Crippen LogP contribution is 2.25. The van der Waals surface area contributed by atoms with Crippen molar-refractivity contribution in [1.82, 2.24) is 14.5 Å². The summed E-state index contributed by atoms with van der Waals surface area (Å²) in [6, 6.07) is 1.56. The molecule has 0 fully saturated rings. The molecule has 0 atom stereocenters. The van der Waals surface area contributed by atoms with Gasteiger partial charge in [-0.3, -0.25) is 0 Å². The van der Waals surface area contributed by atoms with Crippen LogP contribution in [-0.4, -0.2) is 14.5 Å². The van der Waals surface area contributed by atoms with E-state index in [1.54, 1.807) is 23.0 Å². The van der Waals surface area contributed by atoms with Crippen molar-refractivity contribution in [3.05, 3.63) is 43.4 Å². The molecule has 0 radical (unpaired) electrons. The molecule has 0 amide bonds. The van der Waals surface area contributed by atoms with Crippen molar-refractivity contribution in [3.63, 3.8) is 0 Å². The molecule has 92 valence electrons. The summed E-state index contributed by atoms with van der Waals surface area (Å²) in [7, 11) is 0. The fourth-order valence-electron chi connectivity index (χ4n) is 1.62.